The highest BCUT2D eigenvalue weighted by Crippen LogP contribution is 2.33. The minimum absolute atomic E-state index is 0.153. The van der Waals surface area contributed by atoms with Crippen molar-refractivity contribution in [2.24, 2.45) is 17.8 Å². The van der Waals surface area contributed by atoms with Gasteiger partial charge >= 0.3 is 0 Å². The van der Waals surface area contributed by atoms with Crippen LogP contribution < -0.4 is 5.32 Å². The van der Waals surface area contributed by atoms with Gasteiger partial charge in [-0.15, -0.1) is 0 Å². The van der Waals surface area contributed by atoms with Gasteiger partial charge in [0, 0.05) is 12.5 Å². The minimum atomic E-state index is -0.314. The van der Waals surface area contributed by atoms with Crippen molar-refractivity contribution in [2.75, 3.05) is 6.54 Å². The Bertz CT molecular complexity index is 238. The molecule has 15 heavy (non-hydrogen) atoms. The number of carbonyl (C=O) groups excluding carboxylic acids is 1. The van der Waals surface area contributed by atoms with E-state index in [9.17, 15) is 9.90 Å². The molecule has 2 aliphatic carbocycles. The van der Waals surface area contributed by atoms with E-state index in [2.05, 4.69) is 12.2 Å². The maximum Gasteiger partial charge on any atom is 0.223 e. The Hall–Kier alpha value is -0.570. The molecule has 2 fully saturated rings. The number of aliphatic hydroxyl groups is 1. The zero-order valence-corrected chi connectivity index (χ0v) is 9.41. The second-order valence-corrected chi connectivity index (χ2v) is 5.16. The SMILES string of the molecule is CC1CCCC1C(=O)NCC(O)C1CC1. The van der Waals surface area contributed by atoms with Crippen LogP contribution in [-0.2, 0) is 4.79 Å². The number of nitrogens with one attached hydrogen (secondary N) is 1. The molecule has 3 unspecified atom stereocenters. The van der Waals surface area contributed by atoms with Crippen molar-refractivity contribution in [2.45, 2.75) is 45.1 Å². The number of aliphatic hydroxyl groups excluding tert-OH is 1. The Morgan fingerprint density at radius 2 is 2.13 bits per heavy atom. The van der Waals surface area contributed by atoms with Crippen LogP contribution in [0.25, 0.3) is 0 Å². The average Bonchev–Trinajstić information content (AvgIpc) is 2.98. The van der Waals surface area contributed by atoms with Gasteiger partial charge < -0.3 is 10.4 Å². The van der Waals surface area contributed by atoms with Crippen molar-refractivity contribution in [1.29, 1.82) is 0 Å². The number of amides is 1. The number of hydrogen-bond donors (Lipinski definition) is 2. The molecule has 0 aliphatic heterocycles. The molecule has 0 bridgehead atoms. The monoisotopic (exact) mass is 211 g/mol. The van der Waals surface area contributed by atoms with Crippen molar-refractivity contribution in [3.8, 4) is 0 Å². The van der Waals surface area contributed by atoms with Gasteiger partial charge in [-0.3, -0.25) is 4.79 Å². The van der Waals surface area contributed by atoms with Crippen molar-refractivity contribution in [3.63, 3.8) is 0 Å². The first-order valence-corrected chi connectivity index (χ1v) is 6.14. The summed E-state index contributed by atoms with van der Waals surface area (Å²) < 4.78 is 0. The van der Waals surface area contributed by atoms with Gasteiger partial charge in [-0.1, -0.05) is 13.3 Å². The Kier molecular flexibility index (Phi) is 3.29. The topological polar surface area (TPSA) is 49.3 Å². The van der Waals surface area contributed by atoms with Crippen LogP contribution in [-0.4, -0.2) is 23.7 Å². The highest BCUT2D eigenvalue weighted by Gasteiger charge is 2.32. The lowest BCUT2D eigenvalue weighted by Gasteiger charge is -2.17. The van der Waals surface area contributed by atoms with E-state index in [4.69, 9.17) is 0 Å². The molecule has 3 atom stereocenters. The van der Waals surface area contributed by atoms with Crippen molar-refractivity contribution in [1.82, 2.24) is 5.32 Å². The largest absolute Gasteiger partial charge is 0.391 e. The molecule has 3 nitrogen and oxygen atoms in total. The molecule has 3 heteroatoms. The highest BCUT2D eigenvalue weighted by atomic mass is 16.3. The average molecular weight is 211 g/mol. The molecule has 86 valence electrons. The summed E-state index contributed by atoms with van der Waals surface area (Å²) in [6.07, 6.45) is 5.29. The Balaban J connectivity index is 1.71. The summed E-state index contributed by atoms with van der Waals surface area (Å²) in [5.74, 6) is 1.31. The van der Waals surface area contributed by atoms with E-state index in [1.807, 2.05) is 0 Å². The fourth-order valence-electron chi connectivity index (χ4n) is 2.52. The predicted octanol–water partition coefficient (Wildman–Crippen LogP) is 1.31. The van der Waals surface area contributed by atoms with Crippen LogP contribution >= 0.6 is 0 Å². The van der Waals surface area contributed by atoms with Crippen molar-refractivity contribution < 1.29 is 9.90 Å². The van der Waals surface area contributed by atoms with Crippen LogP contribution in [0.15, 0.2) is 0 Å². The summed E-state index contributed by atoms with van der Waals surface area (Å²) >= 11 is 0. The van der Waals surface area contributed by atoms with Gasteiger partial charge in [0.15, 0.2) is 0 Å². The Morgan fingerprint density at radius 1 is 1.40 bits per heavy atom. The fourth-order valence-corrected chi connectivity index (χ4v) is 2.52. The normalized spacial score (nSPS) is 32.7. The Labute approximate surface area is 91.2 Å². The van der Waals surface area contributed by atoms with Crippen LogP contribution in [0, 0.1) is 17.8 Å². The van der Waals surface area contributed by atoms with Crippen LogP contribution in [0.5, 0.6) is 0 Å². The smallest absolute Gasteiger partial charge is 0.223 e. The van der Waals surface area contributed by atoms with E-state index >= 15 is 0 Å². The third kappa shape index (κ3) is 2.71. The van der Waals surface area contributed by atoms with E-state index in [0.29, 0.717) is 18.4 Å². The molecule has 2 N–H and O–H groups in total. The lowest BCUT2D eigenvalue weighted by molar-refractivity contribution is -0.126. The van der Waals surface area contributed by atoms with Gasteiger partial charge in [0.05, 0.1) is 6.10 Å². The third-order valence-electron chi connectivity index (χ3n) is 3.85. The molecule has 0 aromatic heterocycles. The molecule has 0 saturated heterocycles. The summed E-state index contributed by atoms with van der Waals surface area (Å²) in [7, 11) is 0. The van der Waals surface area contributed by atoms with Gasteiger partial charge in [-0.05, 0) is 37.5 Å². The van der Waals surface area contributed by atoms with E-state index < -0.39 is 0 Å². The van der Waals surface area contributed by atoms with E-state index in [1.165, 1.54) is 12.8 Å². The van der Waals surface area contributed by atoms with Gasteiger partial charge in [0.1, 0.15) is 0 Å². The second kappa shape index (κ2) is 4.52. The van der Waals surface area contributed by atoms with Crippen molar-refractivity contribution in [3.05, 3.63) is 0 Å². The molecule has 1 amide bonds. The van der Waals surface area contributed by atoms with Gasteiger partial charge in [-0.2, -0.15) is 0 Å². The van der Waals surface area contributed by atoms with Crippen molar-refractivity contribution >= 4 is 5.91 Å². The highest BCUT2D eigenvalue weighted by molar-refractivity contribution is 5.79. The summed E-state index contributed by atoms with van der Waals surface area (Å²) in [6, 6.07) is 0. The molecule has 0 spiro atoms. The summed E-state index contributed by atoms with van der Waals surface area (Å²) in [6.45, 7) is 2.60. The summed E-state index contributed by atoms with van der Waals surface area (Å²) in [4.78, 5) is 11.8. The number of hydrogen-bond acceptors (Lipinski definition) is 2. The molecule has 0 aromatic carbocycles. The van der Waals surface area contributed by atoms with Crippen LogP contribution in [0.4, 0.5) is 0 Å². The zero-order valence-electron chi connectivity index (χ0n) is 9.41. The maximum atomic E-state index is 11.8. The zero-order chi connectivity index (χ0) is 10.8. The first kappa shape index (κ1) is 10.9. The maximum absolute atomic E-state index is 11.8. The molecule has 0 aromatic rings. The number of carbonyl (C=O) groups is 1. The standard InChI is InChI=1S/C12H21NO2/c1-8-3-2-4-10(8)12(15)13-7-11(14)9-5-6-9/h8-11,14H,2-7H2,1H3,(H,13,15). The molecule has 2 saturated carbocycles. The van der Waals surface area contributed by atoms with Gasteiger partial charge in [0.25, 0.3) is 0 Å². The first-order chi connectivity index (χ1) is 7.18. The van der Waals surface area contributed by atoms with E-state index in [1.54, 1.807) is 0 Å². The molecule has 0 radical (unpaired) electrons. The van der Waals surface area contributed by atoms with E-state index in [-0.39, 0.29) is 17.9 Å². The van der Waals surface area contributed by atoms with E-state index in [0.717, 1.165) is 19.3 Å². The fraction of sp³-hybridized carbons (Fsp3) is 0.917. The second-order valence-electron chi connectivity index (χ2n) is 5.16. The van der Waals surface area contributed by atoms with Crippen LogP contribution in [0.1, 0.15) is 39.0 Å². The molecular formula is C12H21NO2. The molecule has 0 heterocycles. The lowest BCUT2D eigenvalue weighted by Crippen LogP contribution is -2.37. The van der Waals surface area contributed by atoms with Gasteiger partial charge in [-0.25, -0.2) is 0 Å². The lowest BCUT2D eigenvalue weighted by atomic mass is 9.97. The molecule has 2 aliphatic rings. The minimum Gasteiger partial charge on any atom is -0.391 e. The molecule has 2 rings (SSSR count). The summed E-state index contributed by atoms with van der Waals surface area (Å²) in [5, 5.41) is 12.5. The van der Waals surface area contributed by atoms with Gasteiger partial charge in [0.2, 0.25) is 5.91 Å². The quantitative estimate of drug-likeness (QED) is 0.736. The Morgan fingerprint density at radius 3 is 2.67 bits per heavy atom. The number of rotatable bonds is 4. The molecular weight excluding hydrogens is 190 g/mol. The predicted molar refractivity (Wildman–Crippen MR) is 58.2 cm³/mol. The van der Waals surface area contributed by atoms with Crippen LogP contribution in [0.2, 0.25) is 0 Å². The third-order valence-corrected chi connectivity index (χ3v) is 3.85. The summed E-state index contributed by atoms with van der Waals surface area (Å²) in [5.41, 5.74) is 0. The van der Waals surface area contributed by atoms with Crippen LogP contribution in [0.3, 0.4) is 0 Å². The first-order valence-electron chi connectivity index (χ1n) is 6.14.